The van der Waals surface area contributed by atoms with Gasteiger partial charge in [-0.3, -0.25) is 0 Å². The summed E-state index contributed by atoms with van der Waals surface area (Å²) in [6, 6.07) is 4.72. The minimum atomic E-state index is -0.466. The van der Waals surface area contributed by atoms with Gasteiger partial charge >= 0.3 is 5.97 Å². The van der Waals surface area contributed by atoms with E-state index in [4.69, 9.17) is 23.2 Å². The number of anilines is 1. The smallest absolute Gasteiger partial charge is 0.339 e. The van der Waals surface area contributed by atoms with E-state index in [1.807, 2.05) is 0 Å². The summed E-state index contributed by atoms with van der Waals surface area (Å²) in [5, 5.41) is 3.40. The minimum absolute atomic E-state index is 0.197. The normalized spacial score (nSPS) is 9.53. The van der Waals surface area contributed by atoms with E-state index in [-0.39, 0.29) is 5.16 Å². The van der Waals surface area contributed by atoms with Crippen molar-refractivity contribution in [3.63, 3.8) is 0 Å². The van der Waals surface area contributed by atoms with Crippen LogP contribution in [0.15, 0.2) is 29.9 Å². The van der Waals surface area contributed by atoms with Crippen molar-refractivity contribution in [2.24, 2.45) is 0 Å². The number of ether oxygens (including phenoxy) is 1. The first-order valence-corrected chi connectivity index (χ1v) is 4.79. The topological polar surface area (TPSA) is 38.3 Å². The van der Waals surface area contributed by atoms with Gasteiger partial charge in [0.1, 0.15) is 0 Å². The summed E-state index contributed by atoms with van der Waals surface area (Å²) in [6.45, 7) is 3.47. The van der Waals surface area contributed by atoms with Gasteiger partial charge in [-0.05, 0) is 18.2 Å². The van der Waals surface area contributed by atoms with Gasteiger partial charge in [0, 0.05) is 5.02 Å². The number of halogens is 2. The van der Waals surface area contributed by atoms with E-state index in [9.17, 15) is 4.79 Å². The lowest BCUT2D eigenvalue weighted by molar-refractivity contribution is 0.0602. The molecule has 0 radical (unpaired) electrons. The summed E-state index contributed by atoms with van der Waals surface area (Å²) in [6.07, 6.45) is 0. The van der Waals surface area contributed by atoms with Crippen LogP contribution in [0.25, 0.3) is 0 Å². The summed E-state index contributed by atoms with van der Waals surface area (Å²) in [5.41, 5.74) is 0.818. The molecule has 0 saturated heterocycles. The lowest BCUT2D eigenvalue weighted by Crippen LogP contribution is -2.06. The highest BCUT2D eigenvalue weighted by Gasteiger charge is 2.12. The lowest BCUT2D eigenvalue weighted by Gasteiger charge is -2.09. The third kappa shape index (κ3) is 3.15. The highest BCUT2D eigenvalue weighted by molar-refractivity contribution is 6.32. The van der Waals surface area contributed by atoms with Crippen molar-refractivity contribution < 1.29 is 9.53 Å². The Morgan fingerprint density at radius 2 is 2.20 bits per heavy atom. The van der Waals surface area contributed by atoms with Gasteiger partial charge in [0.05, 0.1) is 23.5 Å². The molecule has 1 N–H and O–H groups in total. The van der Waals surface area contributed by atoms with Crippen LogP contribution in [0.1, 0.15) is 10.4 Å². The number of carbonyl (C=O) groups excluding carboxylic acids is 1. The number of hydrogen-bond donors (Lipinski definition) is 1. The largest absolute Gasteiger partial charge is 0.465 e. The van der Waals surface area contributed by atoms with Crippen LogP contribution < -0.4 is 5.32 Å². The van der Waals surface area contributed by atoms with E-state index >= 15 is 0 Å². The average Bonchev–Trinajstić information content (AvgIpc) is 2.16. The Bertz CT molecular complexity index is 404. The van der Waals surface area contributed by atoms with Gasteiger partial charge in [-0.15, -0.1) is 0 Å². The molecule has 0 heterocycles. The molecule has 0 spiro atoms. The quantitative estimate of drug-likeness (QED) is 0.657. The van der Waals surface area contributed by atoms with E-state index in [1.54, 1.807) is 18.2 Å². The molecule has 80 valence electrons. The second kappa shape index (κ2) is 5.05. The molecule has 0 fully saturated rings. The fraction of sp³-hybridized carbons (Fsp3) is 0.100. The monoisotopic (exact) mass is 245 g/mol. The molecule has 0 aliphatic heterocycles. The number of nitrogens with one attached hydrogen (secondary N) is 1. The third-order valence-corrected chi connectivity index (χ3v) is 1.99. The van der Waals surface area contributed by atoms with Crippen molar-refractivity contribution in [1.82, 2.24) is 0 Å². The van der Waals surface area contributed by atoms with Gasteiger partial charge in [0.2, 0.25) is 0 Å². The Balaban J connectivity index is 3.13. The number of hydrogen-bond acceptors (Lipinski definition) is 3. The Hall–Kier alpha value is -1.19. The first-order chi connectivity index (χ1) is 7.04. The molecular weight excluding hydrogens is 237 g/mol. The Morgan fingerprint density at radius 3 is 2.73 bits per heavy atom. The number of esters is 1. The van der Waals surface area contributed by atoms with Crippen molar-refractivity contribution in [2.45, 2.75) is 0 Å². The molecule has 0 bridgehead atoms. The highest BCUT2D eigenvalue weighted by atomic mass is 35.5. The van der Waals surface area contributed by atoms with Gasteiger partial charge in [0.25, 0.3) is 0 Å². The van der Waals surface area contributed by atoms with E-state index in [1.165, 1.54) is 7.11 Å². The first-order valence-electron chi connectivity index (χ1n) is 4.04. The summed E-state index contributed by atoms with van der Waals surface area (Å²) in [5.74, 6) is -0.466. The number of carbonyl (C=O) groups is 1. The summed E-state index contributed by atoms with van der Waals surface area (Å²) >= 11 is 11.4. The average molecular weight is 246 g/mol. The van der Waals surface area contributed by atoms with Crippen LogP contribution >= 0.6 is 23.2 Å². The van der Waals surface area contributed by atoms with Crippen LogP contribution in [0.5, 0.6) is 0 Å². The molecule has 1 aromatic carbocycles. The van der Waals surface area contributed by atoms with E-state index in [2.05, 4.69) is 16.6 Å². The zero-order chi connectivity index (χ0) is 11.4. The molecule has 0 aliphatic rings. The molecule has 1 aromatic rings. The van der Waals surface area contributed by atoms with Crippen molar-refractivity contribution in [3.05, 3.63) is 40.5 Å². The molecule has 15 heavy (non-hydrogen) atoms. The fourth-order valence-electron chi connectivity index (χ4n) is 1.05. The highest BCUT2D eigenvalue weighted by Crippen LogP contribution is 2.23. The van der Waals surface area contributed by atoms with Gasteiger partial charge in [0.15, 0.2) is 0 Å². The number of rotatable bonds is 3. The van der Waals surface area contributed by atoms with Gasteiger partial charge in [-0.1, -0.05) is 29.8 Å². The van der Waals surface area contributed by atoms with E-state index in [0.717, 1.165) is 0 Å². The molecule has 5 heteroatoms. The lowest BCUT2D eigenvalue weighted by atomic mass is 10.2. The second-order valence-corrected chi connectivity index (χ2v) is 3.60. The Kier molecular flexibility index (Phi) is 4.00. The third-order valence-electron chi connectivity index (χ3n) is 1.66. The van der Waals surface area contributed by atoms with Crippen molar-refractivity contribution in [2.75, 3.05) is 12.4 Å². The predicted octanol–water partition coefficient (Wildman–Crippen LogP) is 3.25. The van der Waals surface area contributed by atoms with Crippen LogP contribution in [0.2, 0.25) is 5.02 Å². The maximum absolute atomic E-state index is 11.3. The van der Waals surface area contributed by atoms with Gasteiger partial charge < -0.3 is 10.1 Å². The summed E-state index contributed by atoms with van der Waals surface area (Å²) < 4.78 is 4.60. The first kappa shape index (κ1) is 11.9. The molecule has 0 aromatic heterocycles. The molecular formula is C10H9Cl2NO2. The van der Waals surface area contributed by atoms with Crippen molar-refractivity contribution in [1.29, 1.82) is 0 Å². The fourth-order valence-corrected chi connectivity index (χ4v) is 1.33. The molecule has 0 saturated carbocycles. The van der Waals surface area contributed by atoms with Crippen LogP contribution in [-0.4, -0.2) is 13.1 Å². The molecule has 0 unspecified atom stereocenters. The van der Waals surface area contributed by atoms with E-state index < -0.39 is 5.97 Å². The second-order valence-electron chi connectivity index (χ2n) is 2.71. The maximum Gasteiger partial charge on any atom is 0.339 e. The summed E-state index contributed by atoms with van der Waals surface area (Å²) in [7, 11) is 1.30. The SMILES string of the molecule is C=C(Cl)Nc1cc(Cl)ccc1C(=O)OC. The standard InChI is InChI=1S/C10H9Cl2NO2/c1-6(11)13-9-5-7(12)3-4-8(9)10(14)15-2/h3-5,13H,1H2,2H3. The van der Waals surface area contributed by atoms with Crippen LogP contribution in [0.4, 0.5) is 5.69 Å². The Morgan fingerprint density at radius 1 is 1.53 bits per heavy atom. The zero-order valence-corrected chi connectivity index (χ0v) is 9.52. The number of benzene rings is 1. The van der Waals surface area contributed by atoms with Gasteiger partial charge in [-0.2, -0.15) is 0 Å². The minimum Gasteiger partial charge on any atom is -0.465 e. The van der Waals surface area contributed by atoms with Crippen LogP contribution in [0.3, 0.4) is 0 Å². The molecule has 1 rings (SSSR count). The van der Waals surface area contributed by atoms with E-state index in [0.29, 0.717) is 16.3 Å². The molecule has 0 atom stereocenters. The molecule has 3 nitrogen and oxygen atoms in total. The number of methoxy groups -OCH3 is 1. The Labute approximate surface area is 97.6 Å². The predicted molar refractivity (Wildman–Crippen MR) is 61.4 cm³/mol. The maximum atomic E-state index is 11.3. The molecule has 0 amide bonds. The summed E-state index contributed by atoms with van der Waals surface area (Å²) in [4.78, 5) is 11.3. The molecule has 0 aliphatic carbocycles. The van der Waals surface area contributed by atoms with Crippen LogP contribution in [0, 0.1) is 0 Å². The zero-order valence-electron chi connectivity index (χ0n) is 8.01. The van der Waals surface area contributed by atoms with Gasteiger partial charge in [-0.25, -0.2) is 4.79 Å². The van der Waals surface area contributed by atoms with Crippen molar-refractivity contribution >= 4 is 34.9 Å². The van der Waals surface area contributed by atoms with Crippen LogP contribution in [-0.2, 0) is 4.74 Å². The van der Waals surface area contributed by atoms with Crippen molar-refractivity contribution in [3.8, 4) is 0 Å².